The monoisotopic (exact) mass is 353 g/mol. The lowest BCUT2D eigenvalue weighted by molar-refractivity contribution is 0.0952. The first-order chi connectivity index (χ1) is 12.9. The van der Waals surface area contributed by atoms with Gasteiger partial charge >= 0.3 is 0 Å². The second-order valence-electron chi connectivity index (χ2n) is 5.77. The summed E-state index contributed by atoms with van der Waals surface area (Å²) in [5, 5.41) is 12.5. The Kier molecular flexibility index (Phi) is 5.30. The quantitative estimate of drug-likeness (QED) is 0.225. The van der Waals surface area contributed by atoms with Gasteiger partial charge in [0.25, 0.3) is 5.70 Å². The second-order valence-corrected chi connectivity index (χ2v) is 5.77. The topological polar surface area (TPSA) is 94.9 Å². The first kappa shape index (κ1) is 18.8. The third-order valence-corrected chi connectivity index (χ3v) is 3.74. The first-order valence-corrected chi connectivity index (χ1v) is 7.50. The van der Waals surface area contributed by atoms with Gasteiger partial charge in [-0.2, -0.15) is 0 Å². The van der Waals surface area contributed by atoms with Crippen LogP contribution >= 0.6 is 0 Å². The number of ether oxygens (including phenoxy) is 1. The molecule has 8 nitrogen and oxygen atoms in total. The molecule has 128 valence electrons. The molecule has 2 rings (SSSR count). The molecule has 0 aromatic heterocycles. The highest BCUT2D eigenvalue weighted by molar-refractivity contribution is 5.72. The Morgan fingerprint density at radius 3 is 2.56 bits per heavy atom. The van der Waals surface area contributed by atoms with Gasteiger partial charge in [-0.25, -0.2) is 19.8 Å². The summed E-state index contributed by atoms with van der Waals surface area (Å²) in [5.74, 6) is -0.0206. The fourth-order valence-corrected chi connectivity index (χ4v) is 2.49. The van der Waals surface area contributed by atoms with Gasteiger partial charge in [-0.1, -0.05) is 29.4 Å². The lowest BCUT2D eigenvalue weighted by atomic mass is 9.96. The summed E-state index contributed by atoms with van der Waals surface area (Å²) < 4.78 is 5.69. The van der Waals surface area contributed by atoms with E-state index in [0.29, 0.717) is 11.1 Å². The van der Waals surface area contributed by atoms with Gasteiger partial charge < -0.3 is 4.74 Å². The number of hydrogen-bond donors (Lipinski definition) is 0. The maximum Gasteiger partial charge on any atom is 0.292 e. The Bertz CT molecular complexity index is 1100. The normalized spacial score (nSPS) is 16.4. The fraction of sp³-hybridized carbons (Fsp3) is 0.158. The first-order valence-electron chi connectivity index (χ1n) is 7.50. The molecule has 0 amide bonds. The molecular formula is C19H11N7O. The molecule has 8 heteroatoms. The van der Waals surface area contributed by atoms with Crippen LogP contribution in [0.4, 0.5) is 11.4 Å². The van der Waals surface area contributed by atoms with Crippen LogP contribution < -0.4 is 0 Å². The van der Waals surface area contributed by atoms with E-state index >= 15 is 0 Å². The standard InChI is InChI=1S/C19H11N7O/c1-19(2)13(17(24-5)18(27-19)16(11-20)23-4)8-6-12-7-9-14(25-26-21)15(10-12)22-3/h6-10H,1-2H3. The van der Waals surface area contributed by atoms with Gasteiger partial charge in [0, 0.05) is 16.2 Å². The van der Waals surface area contributed by atoms with E-state index < -0.39 is 5.60 Å². The summed E-state index contributed by atoms with van der Waals surface area (Å²) in [4.78, 5) is 12.6. The summed E-state index contributed by atoms with van der Waals surface area (Å²) in [6.07, 6.45) is 3.35. The Hall–Kier alpha value is -4.49. The smallest absolute Gasteiger partial charge is 0.292 e. The maximum atomic E-state index is 9.08. The molecule has 0 unspecified atom stereocenters. The van der Waals surface area contributed by atoms with E-state index in [1.165, 1.54) is 6.07 Å². The van der Waals surface area contributed by atoms with Crippen LogP contribution in [-0.2, 0) is 4.74 Å². The summed E-state index contributed by atoms with van der Waals surface area (Å²) >= 11 is 0. The molecule has 0 atom stereocenters. The Balaban J connectivity index is 2.57. The van der Waals surface area contributed by atoms with Crippen molar-refractivity contribution in [3.63, 3.8) is 0 Å². The molecule has 1 aliphatic rings. The summed E-state index contributed by atoms with van der Waals surface area (Å²) in [6.45, 7) is 25.2. The number of rotatable bonds is 3. The van der Waals surface area contributed by atoms with Crippen LogP contribution in [0.5, 0.6) is 0 Å². The molecule has 27 heavy (non-hydrogen) atoms. The van der Waals surface area contributed by atoms with Gasteiger partial charge in [-0.15, -0.1) is 0 Å². The van der Waals surface area contributed by atoms with E-state index in [1.54, 1.807) is 44.2 Å². The number of azide groups is 1. The van der Waals surface area contributed by atoms with E-state index in [4.69, 9.17) is 35.2 Å². The third kappa shape index (κ3) is 3.63. The molecule has 0 aliphatic carbocycles. The van der Waals surface area contributed by atoms with E-state index in [1.807, 2.05) is 0 Å². The number of benzene rings is 1. The molecule has 0 fully saturated rings. The van der Waals surface area contributed by atoms with Crippen molar-refractivity contribution in [3.05, 3.63) is 97.3 Å². The molecule has 1 heterocycles. The number of nitrogens with zero attached hydrogens (tertiary/aromatic N) is 7. The van der Waals surface area contributed by atoms with Crippen molar-refractivity contribution >= 4 is 17.5 Å². The number of hydrogen-bond acceptors (Lipinski definition) is 3. The van der Waals surface area contributed by atoms with Gasteiger partial charge in [-0.3, -0.25) is 0 Å². The summed E-state index contributed by atoms with van der Waals surface area (Å²) in [7, 11) is 0. The summed E-state index contributed by atoms with van der Waals surface area (Å²) in [6, 6.07) is 6.52. The lowest BCUT2D eigenvalue weighted by Crippen LogP contribution is -2.20. The molecule has 0 saturated carbocycles. The number of allylic oxidation sites excluding steroid dienone is 1. The number of nitriles is 1. The van der Waals surface area contributed by atoms with E-state index in [-0.39, 0.29) is 28.5 Å². The molecule has 0 saturated heterocycles. The highest BCUT2D eigenvalue weighted by atomic mass is 16.5. The molecule has 1 aromatic rings. The molecule has 0 spiro atoms. The predicted octanol–water partition coefficient (Wildman–Crippen LogP) is 5.83. The third-order valence-electron chi connectivity index (χ3n) is 3.74. The SMILES string of the molecule is [C-]#[N+]C(C#N)=C1OC(C)(C)C(C=Cc2ccc(N=[N+]=[N-])c([N+]#[C-])c2)=C1[N+]#[C-]. The average Bonchev–Trinajstić information content (AvgIpc) is 2.91. The maximum absolute atomic E-state index is 9.08. The van der Waals surface area contributed by atoms with Gasteiger partial charge in [0.1, 0.15) is 11.4 Å². The zero-order chi connectivity index (χ0) is 20.0. The van der Waals surface area contributed by atoms with Crippen LogP contribution in [0, 0.1) is 31.0 Å². The van der Waals surface area contributed by atoms with Crippen molar-refractivity contribution in [2.24, 2.45) is 5.11 Å². The average molecular weight is 353 g/mol. The Morgan fingerprint density at radius 1 is 1.26 bits per heavy atom. The largest absolute Gasteiger partial charge is 0.505 e. The minimum atomic E-state index is -0.897. The summed E-state index contributed by atoms with van der Waals surface area (Å²) in [5.41, 5.74) is 9.09. The van der Waals surface area contributed by atoms with E-state index in [0.717, 1.165) is 0 Å². The molecule has 1 aliphatic heterocycles. The zero-order valence-corrected chi connectivity index (χ0v) is 14.4. The van der Waals surface area contributed by atoms with Crippen LogP contribution in [0.1, 0.15) is 19.4 Å². The second kappa shape index (κ2) is 7.60. The minimum Gasteiger partial charge on any atom is -0.505 e. The van der Waals surface area contributed by atoms with Crippen molar-refractivity contribution in [2.45, 2.75) is 19.4 Å². The van der Waals surface area contributed by atoms with Gasteiger partial charge in [0.2, 0.25) is 5.70 Å². The zero-order valence-electron chi connectivity index (χ0n) is 14.4. The van der Waals surface area contributed by atoms with Crippen molar-refractivity contribution in [1.82, 2.24) is 0 Å². The van der Waals surface area contributed by atoms with Crippen LogP contribution in [0.25, 0.3) is 31.1 Å². The molecular weight excluding hydrogens is 342 g/mol. The van der Waals surface area contributed by atoms with Crippen molar-refractivity contribution < 1.29 is 4.74 Å². The molecule has 0 N–H and O–H groups in total. The Labute approximate surface area is 156 Å². The van der Waals surface area contributed by atoms with Gasteiger partial charge in [-0.05, 0) is 31.0 Å². The Morgan fingerprint density at radius 2 is 2.00 bits per heavy atom. The highest BCUT2D eigenvalue weighted by Crippen LogP contribution is 2.41. The van der Waals surface area contributed by atoms with Gasteiger partial charge in [0.05, 0.1) is 25.8 Å². The minimum absolute atomic E-state index is 0.0206. The van der Waals surface area contributed by atoms with Crippen molar-refractivity contribution in [1.29, 1.82) is 5.26 Å². The van der Waals surface area contributed by atoms with Crippen LogP contribution in [0.2, 0.25) is 0 Å². The molecule has 0 radical (unpaired) electrons. The molecule has 1 aromatic carbocycles. The highest BCUT2D eigenvalue weighted by Gasteiger charge is 2.38. The van der Waals surface area contributed by atoms with Crippen molar-refractivity contribution in [2.75, 3.05) is 0 Å². The van der Waals surface area contributed by atoms with E-state index in [9.17, 15) is 0 Å². The van der Waals surface area contributed by atoms with Gasteiger partial charge in [0.15, 0.2) is 5.69 Å². The van der Waals surface area contributed by atoms with Crippen molar-refractivity contribution in [3.8, 4) is 6.07 Å². The van der Waals surface area contributed by atoms with Crippen LogP contribution in [-0.4, -0.2) is 5.60 Å². The lowest BCUT2D eigenvalue weighted by Gasteiger charge is -2.22. The predicted molar refractivity (Wildman–Crippen MR) is 98.6 cm³/mol. The van der Waals surface area contributed by atoms with Crippen LogP contribution in [0.3, 0.4) is 0 Å². The van der Waals surface area contributed by atoms with E-state index in [2.05, 4.69) is 24.6 Å². The van der Waals surface area contributed by atoms with Crippen LogP contribution in [0.15, 0.2) is 52.1 Å². The fourth-order valence-electron chi connectivity index (χ4n) is 2.49. The molecule has 0 bridgehead atoms.